The normalized spacial score (nSPS) is 11.9. The molecule has 0 saturated heterocycles. The maximum Gasteiger partial charge on any atom is 0.326 e. The summed E-state index contributed by atoms with van der Waals surface area (Å²) in [6.45, 7) is 1.84. The Labute approximate surface area is 116 Å². The summed E-state index contributed by atoms with van der Waals surface area (Å²) in [5.74, 6) is -0.768. The fourth-order valence-electron chi connectivity index (χ4n) is 1.52. The number of thioether (sulfide) groups is 1. The molecular formula is C13H18N2O3S. The third kappa shape index (κ3) is 4.48. The van der Waals surface area contributed by atoms with Gasteiger partial charge in [0.1, 0.15) is 6.04 Å². The summed E-state index contributed by atoms with van der Waals surface area (Å²) in [4.78, 5) is 23.0. The Bertz CT molecular complexity index is 477. The molecule has 4 N–H and O–H groups in total. The zero-order valence-electron chi connectivity index (χ0n) is 11.0. The van der Waals surface area contributed by atoms with Crippen molar-refractivity contribution >= 4 is 29.3 Å². The predicted molar refractivity (Wildman–Crippen MR) is 77.5 cm³/mol. The molecule has 0 aliphatic heterocycles. The predicted octanol–water partition coefficient (Wildman–Crippen LogP) is 1.51. The molecular weight excluding hydrogens is 264 g/mol. The number of aliphatic carboxylic acids is 1. The van der Waals surface area contributed by atoms with Crippen LogP contribution >= 0.6 is 11.8 Å². The number of carboxylic acid groups (broad SMARTS) is 1. The summed E-state index contributed by atoms with van der Waals surface area (Å²) in [7, 11) is 0. The highest BCUT2D eigenvalue weighted by molar-refractivity contribution is 7.98. The Balaban J connectivity index is 2.75. The molecule has 104 valence electrons. The number of benzene rings is 1. The van der Waals surface area contributed by atoms with Gasteiger partial charge >= 0.3 is 5.97 Å². The number of hydrogen-bond donors (Lipinski definition) is 3. The Morgan fingerprint density at radius 1 is 1.47 bits per heavy atom. The van der Waals surface area contributed by atoms with Gasteiger partial charge in [0.05, 0.1) is 0 Å². The minimum Gasteiger partial charge on any atom is -0.480 e. The summed E-state index contributed by atoms with van der Waals surface area (Å²) in [6, 6.07) is 4.05. The summed E-state index contributed by atoms with van der Waals surface area (Å²) < 4.78 is 0. The average molecular weight is 282 g/mol. The van der Waals surface area contributed by atoms with Crippen molar-refractivity contribution in [2.24, 2.45) is 0 Å². The molecule has 19 heavy (non-hydrogen) atoms. The Kier molecular flexibility index (Phi) is 5.69. The molecule has 0 unspecified atom stereocenters. The van der Waals surface area contributed by atoms with Gasteiger partial charge in [0, 0.05) is 11.3 Å². The summed E-state index contributed by atoms with van der Waals surface area (Å²) in [5, 5.41) is 11.6. The monoisotopic (exact) mass is 282 g/mol. The lowest BCUT2D eigenvalue weighted by atomic mass is 10.1. The molecule has 0 bridgehead atoms. The number of nitrogens with one attached hydrogen (secondary N) is 1. The number of hydrogen-bond acceptors (Lipinski definition) is 4. The van der Waals surface area contributed by atoms with Crippen LogP contribution in [0.4, 0.5) is 5.69 Å². The third-order valence-electron chi connectivity index (χ3n) is 2.76. The van der Waals surface area contributed by atoms with E-state index >= 15 is 0 Å². The Morgan fingerprint density at radius 2 is 2.16 bits per heavy atom. The van der Waals surface area contributed by atoms with Crippen LogP contribution in [0.1, 0.15) is 22.3 Å². The number of nitrogen functional groups attached to an aromatic ring is 1. The Morgan fingerprint density at radius 3 is 2.68 bits per heavy atom. The molecule has 1 amide bonds. The number of carbonyl (C=O) groups is 2. The van der Waals surface area contributed by atoms with Crippen LogP contribution in [0.15, 0.2) is 18.2 Å². The van der Waals surface area contributed by atoms with Crippen molar-refractivity contribution in [1.82, 2.24) is 5.32 Å². The van der Waals surface area contributed by atoms with E-state index in [-0.39, 0.29) is 0 Å². The van der Waals surface area contributed by atoms with Crippen molar-refractivity contribution in [3.8, 4) is 0 Å². The van der Waals surface area contributed by atoms with Gasteiger partial charge in [0.2, 0.25) is 0 Å². The van der Waals surface area contributed by atoms with Crippen LogP contribution in [-0.4, -0.2) is 35.0 Å². The first-order chi connectivity index (χ1) is 8.95. The highest BCUT2D eigenvalue weighted by Crippen LogP contribution is 2.13. The number of rotatable bonds is 6. The zero-order chi connectivity index (χ0) is 14.4. The number of carboxylic acids is 1. The lowest BCUT2D eigenvalue weighted by molar-refractivity contribution is -0.139. The zero-order valence-corrected chi connectivity index (χ0v) is 11.8. The van der Waals surface area contributed by atoms with E-state index < -0.39 is 17.9 Å². The van der Waals surface area contributed by atoms with Crippen molar-refractivity contribution in [3.05, 3.63) is 29.3 Å². The SMILES string of the molecule is CSCC[C@H](NC(=O)c1ccc(C)c(N)c1)C(=O)O. The van der Waals surface area contributed by atoms with Crippen molar-refractivity contribution < 1.29 is 14.7 Å². The van der Waals surface area contributed by atoms with Crippen molar-refractivity contribution in [2.75, 3.05) is 17.7 Å². The molecule has 6 heteroatoms. The van der Waals surface area contributed by atoms with Gasteiger partial charge < -0.3 is 16.2 Å². The van der Waals surface area contributed by atoms with Gasteiger partial charge in [-0.05, 0) is 43.0 Å². The number of aryl methyl sites for hydroxylation is 1. The molecule has 0 fully saturated rings. The third-order valence-corrected chi connectivity index (χ3v) is 3.40. The van der Waals surface area contributed by atoms with E-state index in [0.717, 1.165) is 5.56 Å². The van der Waals surface area contributed by atoms with E-state index in [9.17, 15) is 9.59 Å². The molecule has 5 nitrogen and oxygen atoms in total. The van der Waals surface area contributed by atoms with Crippen LogP contribution in [-0.2, 0) is 4.79 Å². The highest BCUT2D eigenvalue weighted by Gasteiger charge is 2.20. The fourth-order valence-corrected chi connectivity index (χ4v) is 1.99. The number of nitrogens with two attached hydrogens (primary N) is 1. The topological polar surface area (TPSA) is 92.4 Å². The molecule has 0 spiro atoms. The van der Waals surface area contributed by atoms with E-state index in [4.69, 9.17) is 10.8 Å². The standard InChI is InChI=1S/C13H18N2O3S/c1-8-3-4-9(7-10(8)14)12(16)15-11(13(17)18)5-6-19-2/h3-4,7,11H,5-6,14H2,1-2H3,(H,15,16)(H,17,18)/t11-/m0/s1. The van der Waals surface area contributed by atoms with Gasteiger partial charge in [0.15, 0.2) is 0 Å². The van der Waals surface area contributed by atoms with Crippen LogP contribution in [0.5, 0.6) is 0 Å². The van der Waals surface area contributed by atoms with E-state index in [1.165, 1.54) is 0 Å². The summed E-state index contributed by atoms with van der Waals surface area (Å²) >= 11 is 1.54. The van der Waals surface area contributed by atoms with Crippen LogP contribution in [0.2, 0.25) is 0 Å². The molecule has 0 aliphatic carbocycles. The van der Waals surface area contributed by atoms with Crippen LogP contribution in [0.25, 0.3) is 0 Å². The van der Waals surface area contributed by atoms with E-state index in [2.05, 4.69) is 5.32 Å². The Hall–Kier alpha value is -1.69. The number of amides is 1. The minimum atomic E-state index is -1.03. The van der Waals surface area contributed by atoms with E-state index in [1.807, 2.05) is 13.2 Å². The van der Waals surface area contributed by atoms with Crippen molar-refractivity contribution in [2.45, 2.75) is 19.4 Å². The average Bonchev–Trinajstić information content (AvgIpc) is 2.37. The quantitative estimate of drug-likeness (QED) is 0.688. The molecule has 0 heterocycles. The maximum absolute atomic E-state index is 11.9. The second-order valence-electron chi connectivity index (χ2n) is 4.22. The van der Waals surface area contributed by atoms with E-state index in [0.29, 0.717) is 23.4 Å². The first-order valence-corrected chi connectivity index (χ1v) is 7.23. The smallest absolute Gasteiger partial charge is 0.326 e. The molecule has 0 aliphatic rings. The van der Waals surface area contributed by atoms with Gasteiger partial charge in [-0.15, -0.1) is 0 Å². The van der Waals surface area contributed by atoms with Gasteiger partial charge in [-0.2, -0.15) is 11.8 Å². The molecule has 1 atom stereocenters. The minimum absolute atomic E-state index is 0.374. The summed E-state index contributed by atoms with van der Waals surface area (Å²) in [6.07, 6.45) is 2.28. The van der Waals surface area contributed by atoms with Gasteiger partial charge in [0.25, 0.3) is 5.91 Å². The lowest BCUT2D eigenvalue weighted by Gasteiger charge is -2.14. The molecule has 1 rings (SSSR count). The first kappa shape index (κ1) is 15.4. The van der Waals surface area contributed by atoms with Gasteiger partial charge in [-0.25, -0.2) is 4.79 Å². The van der Waals surface area contributed by atoms with E-state index in [1.54, 1.807) is 30.0 Å². The van der Waals surface area contributed by atoms with Gasteiger partial charge in [-0.3, -0.25) is 4.79 Å². The van der Waals surface area contributed by atoms with Crippen LogP contribution < -0.4 is 11.1 Å². The fraction of sp³-hybridized carbons (Fsp3) is 0.385. The van der Waals surface area contributed by atoms with Crippen LogP contribution in [0.3, 0.4) is 0 Å². The van der Waals surface area contributed by atoms with Crippen molar-refractivity contribution in [3.63, 3.8) is 0 Å². The second-order valence-corrected chi connectivity index (χ2v) is 5.20. The molecule has 0 saturated carbocycles. The maximum atomic E-state index is 11.9. The van der Waals surface area contributed by atoms with Gasteiger partial charge in [-0.1, -0.05) is 6.07 Å². The van der Waals surface area contributed by atoms with Crippen molar-refractivity contribution in [1.29, 1.82) is 0 Å². The summed E-state index contributed by atoms with van der Waals surface area (Å²) in [5.41, 5.74) is 7.50. The first-order valence-electron chi connectivity index (χ1n) is 5.84. The second kappa shape index (κ2) is 7.04. The van der Waals surface area contributed by atoms with Crippen LogP contribution in [0, 0.1) is 6.92 Å². The lowest BCUT2D eigenvalue weighted by Crippen LogP contribution is -2.41. The molecule has 0 aromatic heterocycles. The number of anilines is 1. The number of carbonyl (C=O) groups excluding carboxylic acids is 1. The molecule has 0 radical (unpaired) electrons. The largest absolute Gasteiger partial charge is 0.480 e. The highest BCUT2D eigenvalue weighted by atomic mass is 32.2. The molecule has 1 aromatic rings. The molecule has 1 aromatic carbocycles.